The van der Waals surface area contributed by atoms with Crippen molar-refractivity contribution in [3.63, 3.8) is 0 Å². The number of carbonyl (C=O) groups is 1. The van der Waals surface area contributed by atoms with Gasteiger partial charge in [-0.05, 0) is 25.0 Å². The summed E-state index contributed by atoms with van der Waals surface area (Å²) in [5.74, 6) is 0. The van der Waals surface area contributed by atoms with Crippen LogP contribution in [0.4, 0.5) is 9.80 Å². The van der Waals surface area contributed by atoms with Crippen LogP contribution in [-0.4, -0.2) is 43.8 Å². The highest BCUT2D eigenvalue weighted by Crippen LogP contribution is 2.36. The number of thiophene rings is 1. The van der Waals surface area contributed by atoms with Crippen LogP contribution >= 0.6 is 11.3 Å². The fourth-order valence-corrected chi connectivity index (χ4v) is 4.03. The molecule has 1 aliphatic heterocycles. The highest BCUT2D eigenvalue weighted by Gasteiger charge is 2.27. The third-order valence-electron chi connectivity index (χ3n) is 4.22. The van der Waals surface area contributed by atoms with Gasteiger partial charge in [0.1, 0.15) is 5.00 Å². The Morgan fingerprint density at radius 1 is 1.29 bits per heavy atom. The zero-order valence-electron chi connectivity index (χ0n) is 14.7. The number of nitrogens with zero attached hydrogens (tertiary/aromatic N) is 3. The van der Waals surface area contributed by atoms with Gasteiger partial charge in [0.25, 0.3) is 0 Å². The molecule has 0 radical (unpaired) electrons. The molecule has 24 heavy (non-hydrogen) atoms. The maximum absolute atomic E-state index is 12.6. The third kappa shape index (κ3) is 2.96. The van der Waals surface area contributed by atoms with Crippen molar-refractivity contribution in [3.05, 3.63) is 51.9 Å². The van der Waals surface area contributed by atoms with Gasteiger partial charge in [-0.2, -0.15) is 0 Å². The number of carbonyl (C=O) groups excluding carboxylic acids is 1. The van der Waals surface area contributed by atoms with Crippen LogP contribution in [0.1, 0.15) is 28.5 Å². The third-order valence-corrected chi connectivity index (χ3v) is 5.52. The maximum Gasteiger partial charge on any atom is 0.324 e. The smallest absolute Gasteiger partial charge is 0.324 e. The first-order valence-electron chi connectivity index (χ1n) is 8.25. The average molecular weight is 341 g/mol. The predicted molar refractivity (Wildman–Crippen MR) is 102 cm³/mol. The molecule has 1 aromatic heterocycles. The van der Waals surface area contributed by atoms with E-state index in [4.69, 9.17) is 4.99 Å². The van der Waals surface area contributed by atoms with Crippen LogP contribution in [0.25, 0.3) is 0 Å². The molecule has 0 saturated carbocycles. The highest BCUT2D eigenvalue weighted by molar-refractivity contribution is 7.16. The summed E-state index contributed by atoms with van der Waals surface area (Å²) < 4.78 is 0. The number of benzene rings is 1. The maximum atomic E-state index is 12.6. The summed E-state index contributed by atoms with van der Waals surface area (Å²) in [5.41, 5.74) is 4.45. The van der Waals surface area contributed by atoms with E-state index in [1.54, 1.807) is 30.3 Å². The van der Waals surface area contributed by atoms with Gasteiger partial charge in [0.05, 0.1) is 12.3 Å². The van der Waals surface area contributed by atoms with E-state index in [0.29, 0.717) is 13.1 Å². The molecule has 3 rings (SSSR count). The van der Waals surface area contributed by atoms with Gasteiger partial charge in [0.2, 0.25) is 0 Å². The second-order valence-electron chi connectivity index (χ2n) is 6.16. The standard InChI is InChI=1S/C19H23N3OS/c1-5-14-12-16-17(15-9-7-6-8-13(15)2)20-10-11-22(18(16)24-14)19(23)21(3)4/h6-9,12H,5,10-11H2,1-4H3. The molecule has 5 heteroatoms. The second-order valence-corrected chi connectivity index (χ2v) is 7.27. The Bertz CT molecular complexity index is 792. The largest absolute Gasteiger partial charge is 0.330 e. The molecule has 0 spiro atoms. The van der Waals surface area contributed by atoms with Crippen molar-refractivity contribution in [3.8, 4) is 0 Å². The summed E-state index contributed by atoms with van der Waals surface area (Å²) in [6.07, 6.45) is 0.961. The van der Waals surface area contributed by atoms with Crippen molar-refractivity contribution in [2.24, 2.45) is 4.99 Å². The van der Waals surface area contributed by atoms with Gasteiger partial charge in [-0.1, -0.05) is 31.2 Å². The van der Waals surface area contributed by atoms with Crippen LogP contribution in [0.3, 0.4) is 0 Å². The first-order chi connectivity index (χ1) is 11.5. The van der Waals surface area contributed by atoms with Gasteiger partial charge in [0.15, 0.2) is 0 Å². The normalized spacial score (nSPS) is 14.0. The van der Waals surface area contributed by atoms with Gasteiger partial charge >= 0.3 is 6.03 Å². The molecule has 126 valence electrons. The van der Waals surface area contributed by atoms with Crippen molar-refractivity contribution in [1.82, 2.24) is 4.90 Å². The van der Waals surface area contributed by atoms with Gasteiger partial charge in [-0.25, -0.2) is 4.79 Å². The molecule has 0 bridgehead atoms. The molecule has 2 amide bonds. The van der Waals surface area contributed by atoms with E-state index >= 15 is 0 Å². The van der Waals surface area contributed by atoms with E-state index in [9.17, 15) is 4.79 Å². The quantitative estimate of drug-likeness (QED) is 0.814. The van der Waals surface area contributed by atoms with E-state index in [1.807, 2.05) is 17.0 Å². The Kier molecular flexibility index (Phi) is 4.71. The fourth-order valence-electron chi connectivity index (χ4n) is 2.92. The number of aliphatic imine (C=N–C) groups is 1. The number of hydrogen-bond donors (Lipinski definition) is 0. The first-order valence-corrected chi connectivity index (χ1v) is 9.07. The number of rotatable bonds is 2. The van der Waals surface area contributed by atoms with E-state index < -0.39 is 0 Å². The van der Waals surface area contributed by atoms with E-state index in [1.165, 1.54) is 10.4 Å². The monoisotopic (exact) mass is 341 g/mol. The first kappa shape index (κ1) is 16.7. The van der Waals surface area contributed by atoms with Gasteiger partial charge in [-0.3, -0.25) is 9.89 Å². The molecule has 2 heterocycles. The second kappa shape index (κ2) is 6.77. The van der Waals surface area contributed by atoms with E-state index in [2.05, 4.69) is 32.0 Å². The molecule has 0 aliphatic carbocycles. The molecule has 0 unspecified atom stereocenters. The Labute approximate surface area is 147 Å². The lowest BCUT2D eigenvalue weighted by molar-refractivity contribution is 0.224. The highest BCUT2D eigenvalue weighted by atomic mass is 32.1. The Hall–Kier alpha value is -2.14. The molecule has 2 aromatic rings. The van der Waals surface area contributed by atoms with Crippen molar-refractivity contribution in [1.29, 1.82) is 0 Å². The SMILES string of the molecule is CCc1cc2c(s1)N(C(=O)N(C)C)CCN=C2c1ccccc1C. The number of fused-ring (bicyclic) bond motifs is 1. The number of amides is 2. The molecular formula is C19H23N3OS. The lowest BCUT2D eigenvalue weighted by Gasteiger charge is -2.24. The fraction of sp³-hybridized carbons (Fsp3) is 0.368. The molecule has 4 nitrogen and oxygen atoms in total. The topological polar surface area (TPSA) is 35.9 Å². The van der Waals surface area contributed by atoms with Crippen molar-refractivity contribution in [2.75, 3.05) is 32.1 Å². The number of anilines is 1. The zero-order chi connectivity index (χ0) is 17.3. The lowest BCUT2D eigenvalue weighted by atomic mass is 9.99. The summed E-state index contributed by atoms with van der Waals surface area (Å²) in [4.78, 5) is 22.3. The Morgan fingerprint density at radius 3 is 2.71 bits per heavy atom. The predicted octanol–water partition coefficient (Wildman–Crippen LogP) is 3.96. The molecule has 0 N–H and O–H groups in total. The van der Waals surface area contributed by atoms with Crippen LogP contribution < -0.4 is 4.90 Å². The summed E-state index contributed by atoms with van der Waals surface area (Å²) in [5, 5.41) is 1.02. The van der Waals surface area contributed by atoms with Gasteiger partial charge in [0, 0.05) is 36.6 Å². The Morgan fingerprint density at radius 2 is 2.04 bits per heavy atom. The average Bonchev–Trinajstić information content (AvgIpc) is 2.92. The van der Waals surface area contributed by atoms with Crippen LogP contribution in [0, 0.1) is 6.92 Å². The molecule has 0 atom stereocenters. The molecule has 1 aliphatic rings. The van der Waals surface area contributed by atoms with E-state index in [-0.39, 0.29) is 6.03 Å². The van der Waals surface area contributed by atoms with Crippen molar-refractivity contribution >= 4 is 28.1 Å². The summed E-state index contributed by atoms with van der Waals surface area (Å²) in [6.45, 7) is 5.49. The summed E-state index contributed by atoms with van der Waals surface area (Å²) in [6, 6.07) is 10.5. The summed E-state index contributed by atoms with van der Waals surface area (Å²) >= 11 is 1.70. The zero-order valence-corrected chi connectivity index (χ0v) is 15.5. The number of hydrogen-bond acceptors (Lipinski definition) is 3. The van der Waals surface area contributed by atoms with Gasteiger partial charge < -0.3 is 4.90 Å². The minimum absolute atomic E-state index is 0.0157. The van der Waals surface area contributed by atoms with Crippen molar-refractivity contribution in [2.45, 2.75) is 20.3 Å². The molecule has 0 fully saturated rings. The number of urea groups is 1. The number of aryl methyl sites for hydroxylation is 2. The van der Waals surface area contributed by atoms with Crippen molar-refractivity contribution < 1.29 is 4.79 Å². The van der Waals surface area contributed by atoms with Crippen LogP contribution in [0.15, 0.2) is 35.3 Å². The minimum atomic E-state index is 0.0157. The van der Waals surface area contributed by atoms with Crippen LogP contribution in [-0.2, 0) is 6.42 Å². The minimum Gasteiger partial charge on any atom is -0.330 e. The lowest BCUT2D eigenvalue weighted by Crippen LogP contribution is -2.40. The summed E-state index contributed by atoms with van der Waals surface area (Å²) in [7, 11) is 3.59. The Balaban J connectivity index is 2.14. The van der Waals surface area contributed by atoms with E-state index in [0.717, 1.165) is 28.3 Å². The van der Waals surface area contributed by atoms with Gasteiger partial charge in [-0.15, -0.1) is 11.3 Å². The molecule has 0 saturated heterocycles. The van der Waals surface area contributed by atoms with Crippen LogP contribution in [0.5, 0.6) is 0 Å². The molecular weight excluding hydrogens is 318 g/mol. The van der Waals surface area contributed by atoms with Crippen LogP contribution in [0.2, 0.25) is 0 Å². The molecule has 1 aromatic carbocycles.